The molecule has 1 amide bonds. The van der Waals surface area contributed by atoms with E-state index in [1.54, 1.807) is 4.90 Å². The molecule has 0 radical (unpaired) electrons. The highest BCUT2D eigenvalue weighted by Gasteiger charge is 2.44. The first-order chi connectivity index (χ1) is 19.5. The number of benzene rings is 1. The van der Waals surface area contributed by atoms with Gasteiger partial charge in [-0.3, -0.25) is 14.5 Å². The van der Waals surface area contributed by atoms with Gasteiger partial charge in [-0.25, -0.2) is 9.78 Å². The van der Waals surface area contributed by atoms with Gasteiger partial charge in [0.2, 0.25) is 5.91 Å². The van der Waals surface area contributed by atoms with Gasteiger partial charge in [-0.05, 0) is 63.5 Å². The summed E-state index contributed by atoms with van der Waals surface area (Å²) in [6.07, 6.45) is 15.1. The fraction of sp³-hybridized carbons (Fsp3) is 0.677. The largest absolute Gasteiger partial charge is 0.467 e. The Morgan fingerprint density at radius 2 is 1.60 bits per heavy atom. The number of amides is 1. The van der Waals surface area contributed by atoms with Gasteiger partial charge in [0.15, 0.2) is 5.82 Å². The SMILES string of the molecule is COC(=O)[C@@H]1CCCN1C(=O)CNc1nc2ccccc2n(C2CC3CCC(C2)N3C2CCCCCCC2)c1=O. The first-order valence-electron chi connectivity index (χ1n) is 15.4. The number of likely N-dealkylation sites (tertiary alicyclic amines) is 1. The molecule has 0 spiro atoms. The van der Waals surface area contributed by atoms with Crippen molar-refractivity contribution in [3.05, 3.63) is 34.6 Å². The summed E-state index contributed by atoms with van der Waals surface area (Å²) < 4.78 is 6.85. The van der Waals surface area contributed by atoms with Gasteiger partial charge in [-0.2, -0.15) is 0 Å². The van der Waals surface area contributed by atoms with Crippen molar-refractivity contribution < 1.29 is 14.3 Å². The number of nitrogens with one attached hydrogen (secondary N) is 1. The van der Waals surface area contributed by atoms with Gasteiger partial charge in [-0.1, -0.05) is 44.2 Å². The van der Waals surface area contributed by atoms with E-state index in [1.807, 2.05) is 28.8 Å². The number of nitrogens with zero attached hydrogens (tertiary/aromatic N) is 4. The highest BCUT2D eigenvalue weighted by atomic mass is 16.5. The van der Waals surface area contributed by atoms with Crippen LogP contribution in [0.4, 0.5) is 5.82 Å². The Hall–Kier alpha value is -2.94. The summed E-state index contributed by atoms with van der Waals surface area (Å²) in [5.74, 6) is -0.410. The van der Waals surface area contributed by atoms with E-state index in [9.17, 15) is 14.4 Å². The predicted molar refractivity (Wildman–Crippen MR) is 154 cm³/mol. The van der Waals surface area contributed by atoms with Crippen LogP contribution in [0, 0.1) is 0 Å². The standard InChI is InChI=1S/C31H43N5O4/c1-40-31(39)27-14-9-17-34(27)28(37)20-32-29-30(38)36(26-13-8-7-12-25(26)33-29)24-18-22-15-16-23(19-24)35(22)21-10-5-3-2-4-6-11-21/h7-8,12-13,21-24,27H,2-6,9-11,14-20H2,1H3,(H,32,33)/t22?,23?,24?,27-/m0/s1. The van der Waals surface area contributed by atoms with Gasteiger partial charge in [-0.15, -0.1) is 0 Å². The Balaban J connectivity index is 1.23. The lowest BCUT2D eigenvalue weighted by atomic mass is 9.89. The Morgan fingerprint density at radius 1 is 0.900 bits per heavy atom. The lowest BCUT2D eigenvalue weighted by Gasteiger charge is -2.45. The third-order valence-electron chi connectivity index (χ3n) is 9.87. The minimum atomic E-state index is -0.556. The topological polar surface area (TPSA) is 96.8 Å². The van der Waals surface area contributed by atoms with E-state index in [4.69, 9.17) is 4.74 Å². The summed E-state index contributed by atoms with van der Waals surface area (Å²) in [5.41, 5.74) is 1.44. The molecule has 40 heavy (non-hydrogen) atoms. The number of esters is 1. The highest BCUT2D eigenvalue weighted by molar-refractivity contribution is 5.87. The molecule has 1 aliphatic carbocycles. The Kier molecular flexibility index (Phi) is 8.10. The summed E-state index contributed by atoms with van der Waals surface area (Å²) >= 11 is 0. The molecule has 1 N–H and O–H groups in total. The molecule has 4 heterocycles. The smallest absolute Gasteiger partial charge is 0.328 e. The summed E-state index contributed by atoms with van der Waals surface area (Å²) in [6, 6.07) is 9.12. The molecule has 2 bridgehead atoms. The van der Waals surface area contributed by atoms with Crippen LogP contribution < -0.4 is 10.9 Å². The molecule has 3 aliphatic heterocycles. The normalized spacial score (nSPS) is 27.9. The van der Waals surface area contributed by atoms with Gasteiger partial charge in [0.1, 0.15) is 6.04 Å². The predicted octanol–water partition coefficient (Wildman–Crippen LogP) is 4.25. The van der Waals surface area contributed by atoms with Gasteiger partial charge in [0, 0.05) is 30.7 Å². The number of anilines is 1. The van der Waals surface area contributed by atoms with Crippen LogP contribution in [0.25, 0.3) is 11.0 Å². The number of ether oxygens (including phenoxy) is 1. The maximum Gasteiger partial charge on any atom is 0.328 e. The number of hydrogen-bond acceptors (Lipinski definition) is 7. The number of para-hydroxylation sites is 2. The average molecular weight is 550 g/mol. The van der Waals surface area contributed by atoms with Crippen LogP contribution in [0.2, 0.25) is 0 Å². The van der Waals surface area contributed by atoms with E-state index in [1.165, 1.54) is 64.9 Å². The number of piperidine rings is 1. The lowest BCUT2D eigenvalue weighted by molar-refractivity contribution is -0.150. The van der Waals surface area contributed by atoms with Crippen LogP contribution in [0.3, 0.4) is 0 Å². The first-order valence-corrected chi connectivity index (χ1v) is 15.4. The average Bonchev–Trinajstić information content (AvgIpc) is 3.53. The molecular weight excluding hydrogens is 506 g/mol. The number of carbonyl (C=O) groups excluding carboxylic acids is 2. The van der Waals surface area contributed by atoms with Crippen molar-refractivity contribution in [3.63, 3.8) is 0 Å². The van der Waals surface area contributed by atoms with Gasteiger partial charge in [0.05, 0.1) is 24.7 Å². The quantitative estimate of drug-likeness (QED) is 0.538. The molecule has 1 aromatic carbocycles. The van der Waals surface area contributed by atoms with Crippen LogP contribution in [0.15, 0.2) is 29.1 Å². The van der Waals surface area contributed by atoms with Gasteiger partial charge < -0.3 is 19.5 Å². The fourth-order valence-corrected chi connectivity index (χ4v) is 8.06. The van der Waals surface area contributed by atoms with E-state index < -0.39 is 12.0 Å². The molecule has 9 heteroatoms. The zero-order valence-electron chi connectivity index (χ0n) is 23.7. The third kappa shape index (κ3) is 5.24. The Labute approximate surface area is 236 Å². The number of rotatable bonds is 6. The molecule has 6 rings (SSSR count). The second-order valence-electron chi connectivity index (χ2n) is 12.2. The zero-order valence-corrected chi connectivity index (χ0v) is 23.7. The van der Waals surface area contributed by atoms with Crippen LogP contribution in [0.5, 0.6) is 0 Å². The van der Waals surface area contributed by atoms with Crippen LogP contribution in [-0.2, 0) is 14.3 Å². The summed E-state index contributed by atoms with van der Waals surface area (Å²) in [7, 11) is 1.34. The molecule has 3 atom stereocenters. The molecule has 9 nitrogen and oxygen atoms in total. The third-order valence-corrected chi connectivity index (χ3v) is 9.87. The molecule has 1 saturated carbocycles. The van der Waals surface area contributed by atoms with Crippen molar-refractivity contribution in [2.24, 2.45) is 0 Å². The highest BCUT2D eigenvalue weighted by Crippen LogP contribution is 2.44. The van der Waals surface area contributed by atoms with Gasteiger partial charge >= 0.3 is 5.97 Å². The molecule has 3 saturated heterocycles. The molecule has 1 aromatic heterocycles. The number of hydrogen-bond donors (Lipinski definition) is 1. The van der Waals surface area contributed by atoms with Crippen LogP contribution in [0.1, 0.15) is 89.5 Å². The Morgan fingerprint density at radius 3 is 2.33 bits per heavy atom. The zero-order chi connectivity index (χ0) is 27.6. The van der Waals surface area contributed by atoms with Crippen molar-refractivity contribution in [3.8, 4) is 0 Å². The summed E-state index contributed by atoms with van der Waals surface area (Å²) in [4.78, 5) is 48.2. The molecule has 2 aromatic rings. The molecule has 2 unspecified atom stereocenters. The molecule has 4 fully saturated rings. The number of carbonyl (C=O) groups is 2. The van der Waals surface area contributed by atoms with E-state index in [2.05, 4.69) is 15.2 Å². The number of aromatic nitrogens is 2. The van der Waals surface area contributed by atoms with E-state index in [-0.39, 0.29) is 29.9 Å². The monoisotopic (exact) mass is 549 g/mol. The maximum atomic E-state index is 14.0. The molecular formula is C31H43N5O4. The second kappa shape index (κ2) is 11.9. The molecule has 216 valence electrons. The first kappa shape index (κ1) is 27.2. The summed E-state index contributed by atoms with van der Waals surface area (Å²) in [6.45, 7) is 0.428. The summed E-state index contributed by atoms with van der Waals surface area (Å²) in [5, 5.41) is 3.05. The number of fused-ring (bicyclic) bond motifs is 3. The van der Waals surface area contributed by atoms with Crippen LogP contribution in [-0.4, -0.2) is 75.6 Å². The van der Waals surface area contributed by atoms with Crippen LogP contribution >= 0.6 is 0 Å². The minimum absolute atomic E-state index is 0.0839. The minimum Gasteiger partial charge on any atom is -0.467 e. The van der Waals surface area contributed by atoms with Crippen molar-refractivity contribution in [1.29, 1.82) is 0 Å². The van der Waals surface area contributed by atoms with E-state index in [0.29, 0.717) is 31.1 Å². The lowest BCUT2D eigenvalue weighted by Crippen LogP contribution is -2.50. The fourth-order valence-electron chi connectivity index (χ4n) is 8.06. The van der Waals surface area contributed by atoms with Crippen molar-refractivity contribution in [1.82, 2.24) is 19.4 Å². The second-order valence-corrected chi connectivity index (χ2v) is 12.2. The van der Waals surface area contributed by atoms with Crippen molar-refractivity contribution in [2.75, 3.05) is 25.5 Å². The number of methoxy groups -OCH3 is 1. The van der Waals surface area contributed by atoms with E-state index >= 15 is 0 Å². The van der Waals surface area contributed by atoms with Gasteiger partial charge in [0.25, 0.3) is 5.56 Å². The molecule has 4 aliphatic rings. The van der Waals surface area contributed by atoms with E-state index in [0.717, 1.165) is 30.3 Å². The maximum absolute atomic E-state index is 14.0. The Bertz CT molecular complexity index is 1270. The van der Waals surface area contributed by atoms with Crippen molar-refractivity contribution >= 4 is 28.7 Å². The van der Waals surface area contributed by atoms with Crippen molar-refractivity contribution in [2.45, 2.75) is 114 Å².